The highest BCUT2D eigenvalue weighted by atomic mass is 79.9. The molecule has 0 radical (unpaired) electrons. The molecule has 1 N–H and O–H groups in total. The van der Waals surface area contributed by atoms with Gasteiger partial charge in [-0.15, -0.1) is 0 Å². The number of aromatic amines is 1. The number of H-pyrrole nitrogens is 1. The lowest BCUT2D eigenvalue weighted by molar-refractivity contribution is 0.655. The van der Waals surface area contributed by atoms with E-state index in [1.807, 2.05) is 6.92 Å². The van der Waals surface area contributed by atoms with Gasteiger partial charge in [0.05, 0.1) is 5.69 Å². The summed E-state index contributed by atoms with van der Waals surface area (Å²) in [6.07, 6.45) is 5.63. The third-order valence-electron chi connectivity index (χ3n) is 3.03. The van der Waals surface area contributed by atoms with Crippen molar-refractivity contribution >= 4 is 15.9 Å². The molecule has 1 aliphatic rings. The van der Waals surface area contributed by atoms with Crippen molar-refractivity contribution in [3.05, 3.63) is 26.3 Å². The number of hydrogen-bond acceptors (Lipinski definition) is 2. The Morgan fingerprint density at radius 2 is 2.13 bits per heavy atom. The molecule has 15 heavy (non-hydrogen) atoms. The van der Waals surface area contributed by atoms with Gasteiger partial charge in [-0.1, -0.05) is 19.8 Å². The van der Waals surface area contributed by atoms with Gasteiger partial charge < -0.3 is 4.98 Å². The lowest BCUT2D eigenvalue weighted by Gasteiger charge is -2.10. The van der Waals surface area contributed by atoms with Crippen molar-refractivity contribution in [2.75, 3.05) is 0 Å². The van der Waals surface area contributed by atoms with E-state index in [1.54, 1.807) is 0 Å². The fourth-order valence-corrected chi connectivity index (χ4v) is 2.62. The molecule has 1 aromatic rings. The van der Waals surface area contributed by atoms with Crippen molar-refractivity contribution in [3.63, 3.8) is 0 Å². The summed E-state index contributed by atoms with van der Waals surface area (Å²) in [7, 11) is 0. The van der Waals surface area contributed by atoms with E-state index < -0.39 is 0 Å². The molecular weight excluding hydrogens is 256 g/mol. The number of nitrogens with one attached hydrogen (secondary N) is 1. The van der Waals surface area contributed by atoms with Crippen molar-refractivity contribution in [2.45, 2.75) is 44.9 Å². The molecular formula is C11H15BrN2O. The zero-order valence-electron chi connectivity index (χ0n) is 8.85. The predicted molar refractivity (Wildman–Crippen MR) is 63.1 cm³/mol. The lowest BCUT2D eigenvalue weighted by Crippen LogP contribution is -2.17. The van der Waals surface area contributed by atoms with Gasteiger partial charge in [0, 0.05) is 5.92 Å². The minimum absolute atomic E-state index is 0.0382. The summed E-state index contributed by atoms with van der Waals surface area (Å²) in [4.78, 5) is 19.0. The van der Waals surface area contributed by atoms with Gasteiger partial charge in [-0.3, -0.25) is 4.79 Å². The highest BCUT2D eigenvalue weighted by Gasteiger charge is 2.20. The van der Waals surface area contributed by atoms with E-state index in [9.17, 15) is 4.79 Å². The lowest BCUT2D eigenvalue weighted by atomic mass is 10.1. The summed E-state index contributed by atoms with van der Waals surface area (Å²) in [6, 6.07) is 0. The maximum absolute atomic E-state index is 11.6. The molecule has 0 atom stereocenters. The van der Waals surface area contributed by atoms with Crippen molar-refractivity contribution in [3.8, 4) is 0 Å². The molecule has 4 heteroatoms. The van der Waals surface area contributed by atoms with Crippen LogP contribution in [0.4, 0.5) is 0 Å². The molecule has 0 saturated heterocycles. The van der Waals surface area contributed by atoms with Crippen LogP contribution in [-0.4, -0.2) is 9.97 Å². The van der Waals surface area contributed by atoms with Crippen LogP contribution in [0.15, 0.2) is 9.27 Å². The minimum atomic E-state index is -0.0382. The molecule has 1 aliphatic carbocycles. The zero-order valence-corrected chi connectivity index (χ0v) is 10.4. The molecule has 1 saturated carbocycles. The van der Waals surface area contributed by atoms with E-state index in [2.05, 4.69) is 25.9 Å². The molecule has 1 heterocycles. The smallest absolute Gasteiger partial charge is 0.265 e. The van der Waals surface area contributed by atoms with Crippen LogP contribution in [0.3, 0.4) is 0 Å². The Kier molecular flexibility index (Phi) is 3.24. The third kappa shape index (κ3) is 2.14. The summed E-state index contributed by atoms with van der Waals surface area (Å²) in [5.74, 6) is 1.36. The standard InChI is InChI=1S/C11H15BrN2O/c1-2-8-9(12)11(15)14-10(13-8)7-5-3-4-6-7/h7H,2-6H2,1H3,(H,13,14,15). The van der Waals surface area contributed by atoms with Crippen molar-refractivity contribution < 1.29 is 0 Å². The van der Waals surface area contributed by atoms with Gasteiger partial charge in [-0.25, -0.2) is 4.98 Å². The summed E-state index contributed by atoms with van der Waals surface area (Å²) >= 11 is 3.28. The summed E-state index contributed by atoms with van der Waals surface area (Å²) in [5.41, 5.74) is 0.837. The molecule has 2 rings (SSSR count). The van der Waals surface area contributed by atoms with Crippen LogP contribution in [0.5, 0.6) is 0 Å². The first-order chi connectivity index (χ1) is 7.22. The van der Waals surface area contributed by atoms with Crippen molar-refractivity contribution in [1.29, 1.82) is 0 Å². The molecule has 0 aromatic carbocycles. The second-order valence-corrected chi connectivity index (χ2v) is 4.84. The quantitative estimate of drug-likeness (QED) is 0.898. The van der Waals surface area contributed by atoms with E-state index in [4.69, 9.17) is 0 Å². The van der Waals surface area contributed by atoms with Crippen molar-refractivity contribution in [2.24, 2.45) is 0 Å². The second-order valence-electron chi connectivity index (χ2n) is 4.05. The second kappa shape index (κ2) is 4.47. The van der Waals surface area contributed by atoms with Gasteiger partial charge in [0.1, 0.15) is 10.3 Å². The molecule has 0 bridgehead atoms. The fourth-order valence-electron chi connectivity index (χ4n) is 2.15. The monoisotopic (exact) mass is 270 g/mol. The maximum Gasteiger partial charge on any atom is 0.265 e. The topological polar surface area (TPSA) is 45.8 Å². The predicted octanol–water partition coefficient (Wildman–Crippen LogP) is 2.75. The molecule has 0 spiro atoms. The van der Waals surface area contributed by atoms with Gasteiger partial charge >= 0.3 is 0 Å². The number of rotatable bonds is 2. The van der Waals surface area contributed by atoms with Gasteiger partial charge in [-0.05, 0) is 35.2 Å². The van der Waals surface area contributed by atoms with Crippen LogP contribution < -0.4 is 5.56 Å². The Morgan fingerprint density at radius 1 is 1.47 bits per heavy atom. The number of nitrogens with zero attached hydrogens (tertiary/aromatic N) is 1. The number of hydrogen-bond donors (Lipinski definition) is 1. The van der Waals surface area contributed by atoms with E-state index in [0.717, 1.165) is 30.8 Å². The zero-order chi connectivity index (χ0) is 10.8. The number of halogens is 1. The van der Waals surface area contributed by atoms with Gasteiger partial charge in [-0.2, -0.15) is 0 Å². The van der Waals surface area contributed by atoms with Crippen LogP contribution in [0.1, 0.15) is 50.0 Å². The third-order valence-corrected chi connectivity index (χ3v) is 3.84. The Bertz CT molecular complexity index is 408. The van der Waals surface area contributed by atoms with E-state index in [0.29, 0.717) is 10.4 Å². The fraction of sp³-hybridized carbons (Fsp3) is 0.636. The normalized spacial score (nSPS) is 17.2. The average Bonchev–Trinajstić information content (AvgIpc) is 2.75. The molecule has 1 fully saturated rings. The Hall–Kier alpha value is -0.640. The van der Waals surface area contributed by atoms with Crippen molar-refractivity contribution in [1.82, 2.24) is 9.97 Å². The Labute approximate surface area is 97.4 Å². The highest BCUT2D eigenvalue weighted by molar-refractivity contribution is 9.10. The van der Waals surface area contributed by atoms with E-state index in [-0.39, 0.29) is 5.56 Å². The molecule has 0 aliphatic heterocycles. The van der Waals surface area contributed by atoms with Gasteiger partial charge in [0.2, 0.25) is 0 Å². The Morgan fingerprint density at radius 3 is 2.73 bits per heavy atom. The van der Waals surface area contributed by atoms with Crippen LogP contribution in [0, 0.1) is 0 Å². The molecule has 0 unspecified atom stereocenters. The molecule has 0 amide bonds. The van der Waals surface area contributed by atoms with Gasteiger partial charge in [0.15, 0.2) is 0 Å². The SMILES string of the molecule is CCc1nc(C2CCCC2)[nH]c(=O)c1Br. The summed E-state index contributed by atoms with van der Waals surface area (Å²) in [5, 5.41) is 0. The van der Waals surface area contributed by atoms with Crippen LogP contribution in [-0.2, 0) is 6.42 Å². The minimum Gasteiger partial charge on any atom is -0.309 e. The first-order valence-electron chi connectivity index (χ1n) is 5.51. The van der Waals surface area contributed by atoms with E-state index >= 15 is 0 Å². The van der Waals surface area contributed by atoms with Crippen LogP contribution in [0.25, 0.3) is 0 Å². The molecule has 3 nitrogen and oxygen atoms in total. The maximum atomic E-state index is 11.6. The first kappa shape index (κ1) is 10.9. The summed E-state index contributed by atoms with van der Waals surface area (Å²) < 4.78 is 0.590. The van der Waals surface area contributed by atoms with E-state index in [1.165, 1.54) is 12.8 Å². The molecule has 82 valence electrons. The average molecular weight is 271 g/mol. The number of aryl methyl sites for hydroxylation is 1. The largest absolute Gasteiger partial charge is 0.309 e. The first-order valence-corrected chi connectivity index (χ1v) is 6.30. The van der Waals surface area contributed by atoms with Crippen LogP contribution in [0.2, 0.25) is 0 Å². The van der Waals surface area contributed by atoms with Gasteiger partial charge in [0.25, 0.3) is 5.56 Å². The molecule has 1 aromatic heterocycles. The summed E-state index contributed by atoms with van der Waals surface area (Å²) in [6.45, 7) is 2.02. The van der Waals surface area contributed by atoms with Crippen LogP contribution >= 0.6 is 15.9 Å². The highest BCUT2D eigenvalue weighted by Crippen LogP contribution is 2.31. The Balaban J connectivity index is 2.40. The number of aromatic nitrogens is 2.